The summed E-state index contributed by atoms with van der Waals surface area (Å²) in [5.74, 6) is -0.120. The number of para-hydroxylation sites is 1. The van der Waals surface area contributed by atoms with Crippen molar-refractivity contribution in [3.8, 4) is 10.6 Å². The molecular weight excluding hydrogens is 296 g/mol. The van der Waals surface area contributed by atoms with Crippen LogP contribution < -0.4 is 11.1 Å². The molecule has 0 bridgehead atoms. The Bertz CT molecular complexity index is 786. The third-order valence-electron chi connectivity index (χ3n) is 3.03. The maximum absolute atomic E-state index is 12.0. The van der Waals surface area contributed by atoms with E-state index in [4.69, 9.17) is 5.73 Å². The molecule has 0 spiro atoms. The zero-order valence-electron chi connectivity index (χ0n) is 11.7. The number of thiazole rings is 1. The highest BCUT2D eigenvalue weighted by Gasteiger charge is 2.10. The number of carbonyl (C=O) groups excluding carboxylic acids is 1. The lowest BCUT2D eigenvalue weighted by molar-refractivity contribution is -0.115. The molecule has 0 unspecified atom stereocenters. The Morgan fingerprint density at radius 2 is 2.09 bits per heavy atom. The first kappa shape index (κ1) is 14.2. The van der Waals surface area contributed by atoms with Gasteiger partial charge in [0, 0.05) is 22.8 Å². The summed E-state index contributed by atoms with van der Waals surface area (Å²) in [5.41, 5.74) is 8.93. The molecule has 6 heteroatoms. The van der Waals surface area contributed by atoms with Crippen LogP contribution in [0.25, 0.3) is 10.6 Å². The maximum atomic E-state index is 12.0. The van der Waals surface area contributed by atoms with E-state index in [1.54, 1.807) is 24.5 Å². The second-order valence-corrected chi connectivity index (χ2v) is 5.56. The first-order valence-corrected chi connectivity index (χ1v) is 7.59. The summed E-state index contributed by atoms with van der Waals surface area (Å²) in [6.07, 6.45) is 3.49. The molecule has 2 heterocycles. The summed E-state index contributed by atoms with van der Waals surface area (Å²) >= 11 is 1.48. The van der Waals surface area contributed by atoms with Crippen LogP contribution in [0.1, 0.15) is 5.69 Å². The maximum Gasteiger partial charge on any atom is 0.230 e. The third-order valence-corrected chi connectivity index (χ3v) is 3.95. The Morgan fingerprint density at radius 3 is 2.86 bits per heavy atom. The van der Waals surface area contributed by atoms with Gasteiger partial charge in [0.25, 0.3) is 0 Å². The molecule has 0 aliphatic rings. The summed E-state index contributed by atoms with van der Waals surface area (Å²) in [6.45, 7) is 0. The van der Waals surface area contributed by atoms with Crippen LogP contribution in [0.5, 0.6) is 0 Å². The van der Waals surface area contributed by atoms with E-state index in [0.717, 1.165) is 16.3 Å². The summed E-state index contributed by atoms with van der Waals surface area (Å²) in [6, 6.07) is 11.1. The van der Waals surface area contributed by atoms with Crippen molar-refractivity contribution in [2.75, 3.05) is 11.1 Å². The molecule has 1 aromatic carbocycles. The van der Waals surface area contributed by atoms with Gasteiger partial charge in [-0.1, -0.05) is 12.1 Å². The second-order valence-electron chi connectivity index (χ2n) is 4.70. The topological polar surface area (TPSA) is 80.9 Å². The molecular formula is C16H14N4OS. The predicted octanol–water partition coefficient (Wildman–Crippen LogP) is 2.97. The number of nitrogens with two attached hydrogens (primary N) is 1. The van der Waals surface area contributed by atoms with E-state index >= 15 is 0 Å². The number of carbonyl (C=O) groups is 1. The lowest BCUT2D eigenvalue weighted by Crippen LogP contribution is -2.14. The minimum atomic E-state index is -0.120. The largest absolute Gasteiger partial charge is 0.398 e. The van der Waals surface area contributed by atoms with Crippen LogP contribution in [0.4, 0.5) is 11.4 Å². The zero-order chi connectivity index (χ0) is 15.4. The van der Waals surface area contributed by atoms with Gasteiger partial charge in [-0.15, -0.1) is 11.3 Å². The van der Waals surface area contributed by atoms with Gasteiger partial charge in [0.15, 0.2) is 0 Å². The standard InChI is InChI=1S/C16H14N4OS/c17-14-6-2-1-5-13(14)16-20-12(10-22-16)8-15(21)19-11-4-3-7-18-9-11/h1-7,9-10H,8,17H2,(H,19,21). The van der Waals surface area contributed by atoms with Gasteiger partial charge >= 0.3 is 0 Å². The van der Waals surface area contributed by atoms with Gasteiger partial charge in [0.05, 0.1) is 24.0 Å². The number of nitrogen functional groups attached to an aromatic ring is 1. The van der Waals surface area contributed by atoms with Crippen molar-refractivity contribution in [1.82, 2.24) is 9.97 Å². The van der Waals surface area contributed by atoms with Crippen molar-refractivity contribution >= 4 is 28.6 Å². The fourth-order valence-electron chi connectivity index (χ4n) is 2.01. The van der Waals surface area contributed by atoms with Gasteiger partial charge in [-0.25, -0.2) is 4.98 Å². The Kier molecular flexibility index (Phi) is 4.11. The quantitative estimate of drug-likeness (QED) is 0.726. The normalized spacial score (nSPS) is 10.4. The van der Waals surface area contributed by atoms with Crippen LogP contribution in [0.15, 0.2) is 54.2 Å². The molecule has 1 amide bonds. The highest BCUT2D eigenvalue weighted by Crippen LogP contribution is 2.28. The van der Waals surface area contributed by atoms with Gasteiger partial charge in [-0.3, -0.25) is 9.78 Å². The van der Waals surface area contributed by atoms with Crippen LogP contribution in [0, 0.1) is 0 Å². The summed E-state index contributed by atoms with van der Waals surface area (Å²) in [5, 5.41) is 5.49. The van der Waals surface area contributed by atoms with Crippen LogP contribution in [-0.4, -0.2) is 15.9 Å². The van der Waals surface area contributed by atoms with E-state index in [2.05, 4.69) is 15.3 Å². The summed E-state index contributed by atoms with van der Waals surface area (Å²) < 4.78 is 0. The highest BCUT2D eigenvalue weighted by molar-refractivity contribution is 7.13. The monoisotopic (exact) mass is 310 g/mol. The number of rotatable bonds is 4. The van der Waals surface area contributed by atoms with Gasteiger partial charge in [-0.05, 0) is 24.3 Å². The van der Waals surface area contributed by atoms with Gasteiger partial charge in [-0.2, -0.15) is 0 Å². The van der Waals surface area contributed by atoms with Crippen molar-refractivity contribution in [3.05, 3.63) is 59.9 Å². The smallest absolute Gasteiger partial charge is 0.230 e. The molecule has 0 saturated heterocycles. The average Bonchev–Trinajstić information content (AvgIpc) is 2.97. The number of anilines is 2. The number of benzene rings is 1. The molecule has 0 aliphatic carbocycles. The van der Waals surface area contributed by atoms with Gasteiger partial charge in [0.1, 0.15) is 5.01 Å². The lowest BCUT2D eigenvalue weighted by Gasteiger charge is -2.03. The number of aromatic nitrogens is 2. The zero-order valence-corrected chi connectivity index (χ0v) is 12.5. The van der Waals surface area contributed by atoms with Crippen LogP contribution >= 0.6 is 11.3 Å². The summed E-state index contributed by atoms with van der Waals surface area (Å²) in [7, 11) is 0. The molecule has 3 aromatic rings. The molecule has 0 radical (unpaired) electrons. The van der Waals surface area contributed by atoms with Crippen molar-refractivity contribution in [2.45, 2.75) is 6.42 Å². The van der Waals surface area contributed by atoms with E-state index in [9.17, 15) is 4.79 Å². The fourth-order valence-corrected chi connectivity index (χ4v) is 2.88. The van der Waals surface area contributed by atoms with E-state index < -0.39 is 0 Å². The molecule has 22 heavy (non-hydrogen) atoms. The van der Waals surface area contributed by atoms with Gasteiger partial charge < -0.3 is 11.1 Å². The molecule has 5 nitrogen and oxygen atoms in total. The van der Waals surface area contributed by atoms with Crippen LogP contribution in [0.3, 0.4) is 0 Å². The Balaban J connectivity index is 1.70. The van der Waals surface area contributed by atoms with E-state index in [1.165, 1.54) is 11.3 Å². The van der Waals surface area contributed by atoms with Crippen molar-refractivity contribution < 1.29 is 4.79 Å². The molecule has 3 rings (SSSR count). The number of hydrogen-bond donors (Lipinski definition) is 2. The number of hydrogen-bond acceptors (Lipinski definition) is 5. The van der Waals surface area contributed by atoms with E-state index in [1.807, 2.05) is 29.6 Å². The molecule has 3 N–H and O–H groups in total. The molecule has 0 fully saturated rings. The van der Waals surface area contributed by atoms with Crippen LogP contribution in [-0.2, 0) is 11.2 Å². The SMILES string of the molecule is Nc1ccccc1-c1nc(CC(=O)Nc2cccnc2)cs1. The Hall–Kier alpha value is -2.73. The number of nitrogens with one attached hydrogen (secondary N) is 1. The molecule has 0 atom stereocenters. The van der Waals surface area contributed by atoms with Crippen molar-refractivity contribution in [3.63, 3.8) is 0 Å². The van der Waals surface area contributed by atoms with Crippen molar-refractivity contribution in [2.24, 2.45) is 0 Å². The number of nitrogens with zero attached hydrogens (tertiary/aromatic N) is 2. The summed E-state index contributed by atoms with van der Waals surface area (Å²) in [4.78, 5) is 20.4. The van der Waals surface area contributed by atoms with Crippen LogP contribution in [0.2, 0.25) is 0 Å². The molecule has 2 aromatic heterocycles. The second kappa shape index (κ2) is 6.36. The number of amides is 1. The molecule has 0 saturated carbocycles. The van der Waals surface area contributed by atoms with E-state index in [0.29, 0.717) is 11.4 Å². The predicted molar refractivity (Wildman–Crippen MR) is 88.5 cm³/mol. The third kappa shape index (κ3) is 3.29. The first-order valence-electron chi connectivity index (χ1n) is 6.71. The minimum Gasteiger partial charge on any atom is -0.398 e. The minimum absolute atomic E-state index is 0.120. The highest BCUT2D eigenvalue weighted by atomic mass is 32.1. The Morgan fingerprint density at radius 1 is 1.23 bits per heavy atom. The first-order chi connectivity index (χ1) is 10.7. The average molecular weight is 310 g/mol. The fraction of sp³-hybridized carbons (Fsp3) is 0.0625. The van der Waals surface area contributed by atoms with Gasteiger partial charge in [0.2, 0.25) is 5.91 Å². The molecule has 0 aliphatic heterocycles. The van der Waals surface area contributed by atoms with Crippen molar-refractivity contribution in [1.29, 1.82) is 0 Å². The Labute approximate surface area is 131 Å². The lowest BCUT2D eigenvalue weighted by atomic mass is 10.2. The number of pyridine rings is 1. The molecule has 110 valence electrons. The van der Waals surface area contributed by atoms with E-state index in [-0.39, 0.29) is 12.3 Å².